The number of fused-ring (bicyclic) bond motifs is 1. The first-order chi connectivity index (χ1) is 12.2. The van der Waals surface area contributed by atoms with Gasteiger partial charge in [0.15, 0.2) is 0 Å². The van der Waals surface area contributed by atoms with Gasteiger partial charge >= 0.3 is 0 Å². The highest BCUT2D eigenvalue weighted by molar-refractivity contribution is 5.94. The first-order valence-electron chi connectivity index (χ1n) is 9.18. The lowest BCUT2D eigenvalue weighted by Crippen LogP contribution is -2.70. The minimum Gasteiger partial charge on any atom is -0.367 e. The third-order valence-corrected chi connectivity index (χ3v) is 6.29. The van der Waals surface area contributed by atoms with E-state index < -0.39 is 0 Å². The normalized spacial score (nSPS) is 36.2. The zero-order valence-electron chi connectivity index (χ0n) is 14.3. The van der Waals surface area contributed by atoms with E-state index in [0.29, 0.717) is 5.92 Å². The Bertz CT molecular complexity index is 741. The summed E-state index contributed by atoms with van der Waals surface area (Å²) in [5.74, 6) is 0.519. The Hall–Kier alpha value is -2.11. The second kappa shape index (κ2) is 5.71. The number of carbonyl (C=O) groups is 1. The van der Waals surface area contributed by atoms with Crippen LogP contribution in [-0.2, 0) is 5.41 Å². The SMILES string of the molecule is O=C(N[C@H]1C2CN3CCN(C2)CC1(c1ccccc1)C3)c1cc[nH]c1. The number of piperidine rings is 2. The van der Waals surface area contributed by atoms with E-state index >= 15 is 0 Å². The quantitative estimate of drug-likeness (QED) is 0.889. The van der Waals surface area contributed by atoms with Crippen LogP contribution in [0.1, 0.15) is 15.9 Å². The van der Waals surface area contributed by atoms with Gasteiger partial charge in [0.05, 0.1) is 5.56 Å². The molecule has 1 amide bonds. The summed E-state index contributed by atoms with van der Waals surface area (Å²) in [5.41, 5.74) is 2.05. The molecule has 130 valence electrons. The van der Waals surface area contributed by atoms with Crippen molar-refractivity contribution < 1.29 is 4.79 Å². The Morgan fingerprint density at radius 3 is 2.44 bits per heavy atom. The lowest BCUT2D eigenvalue weighted by Gasteiger charge is -2.55. The molecule has 0 radical (unpaired) electrons. The highest BCUT2D eigenvalue weighted by Crippen LogP contribution is 2.43. The zero-order chi connectivity index (χ0) is 16.9. The van der Waals surface area contributed by atoms with Gasteiger partial charge in [0.1, 0.15) is 0 Å². The number of aromatic nitrogens is 1. The predicted octanol–water partition coefficient (Wildman–Crippen LogP) is 1.31. The van der Waals surface area contributed by atoms with Gasteiger partial charge in [-0.3, -0.25) is 4.79 Å². The molecule has 5 heteroatoms. The number of benzene rings is 1. The summed E-state index contributed by atoms with van der Waals surface area (Å²) in [4.78, 5) is 21.0. The number of hydrogen-bond acceptors (Lipinski definition) is 3. The van der Waals surface area contributed by atoms with Gasteiger partial charge in [0.2, 0.25) is 0 Å². The van der Waals surface area contributed by atoms with Gasteiger partial charge in [-0.05, 0) is 11.6 Å². The van der Waals surface area contributed by atoms with Crippen molar-refractivity contribution >= 4 is 5.91 Å². The summed E-state index contributed by atoms with van der Waals surface area (Å²) in [6.07, 6.45) is 3.58. The summed E-state index contributed by atoms with van der Waals surface area (Å²) >= 11 is 0. The third-order valence-electron chi connectivity index (χ3n) is 6.29. The second-order valence-corrected chi connectivity index (χ2v) is 7.80. The molecule has 2 aromatic rings. The van der Waals surface area contributed by atoms with E-state index in [1.807, 2.05) is 6.07 Å². The van der Waals surface area contributed by atoms with Crippen LogP contribution in [0.2, 0.25) is 0 Å². The molecule has 1 aromatic heterocycles. The molecule has 6 rings (SSSR count). The molecule has 4 aliphatic rings. The van der Waals surface area contributed by atoms with E-state index in [0.717, 1.165) is 44.8 Å². The molecule has 4 fully saturated rings. The monoisotopic (exact) mass is 336 g/mol. The Labute approximate surface area is 148 Å². The Balaban J connectivity index is 1.55. The fourth-order valence-electron chi connectivity index (χ4n) is 5.26. The van der Waals surface area contributed by atoms with Crippen LogP contribution in [0.3, 0.4) is 0 Å². The van der Waals surface area contributed by atoms with E-state index in [2.05, 4.69) is 50.4 Å². The van der Waals surface area contributed by atoms with Crippen LogP contribution in [0.4, 0.5) is 0 Å². The van der Waals surface area contributed by atoms with Crippen LogP contribution in [0.5, 0.6) is 0 Å². The van der Waals surface area contributed by atoms with Gasteiger partial charge in [-0.25, -0.2) is 0 Å². The van der Waals surface area contributed by atoms with Gasteiger partial charge in [0, 0.05) is 69.0 Å². The number of aromatic amines is 1. The first-order valence-corrected chi connectivity index (χ1v) is 9.18. The smallest absolute Gasteiger partial charge is 0.253 e. The number of hydrogen-bond donors (Lipinski definition) is 2. The van der Waals surface area contributed by atoms with Crippen LogP contribution >= 0.6 is 0 Å². The molecule has 4 saturated heterocycles. The maximum Gasteiger partial charge on any atom is 0.253 e. The number of amides is 1. The van der Waals surface area contributed by atoms with Gasteiger partial charge in [-0.15, -0.1) is 0 Å². The molecular weight excluding hydrogens is 312 g/mol. The number of nitrogens with one attached hydrogen (secondary N) is 2. The van der Waals surface area contributed by atoms with Crippen molar-refractivity contribution in [2.75, 3.05) is 39.3 Å². The lowest BCUT2D eigenvalue weighted by molar-refractivity contribution is 0.0180. The molecule has 3 atom stereocenters. The Kier molecular flexibility index (Phi) is 3.47. The maximum absolute atomic E-state index is 12.8. The number of nitrogens with zero attached hydrogens (tertiary/aromatic N) is 2. The minimum atomic E-state index is -0.0229. The molecule has 0 aliphatic carbocycles. The van der Waals surface area contributed by atoms with Crippen LogP contribution in [0.15, 0.2) is 48.8 Å². The molecule has 5 heterocycles. The van der Waals surface area contributed by atoms with Crippen LogP contribution in [0.25, 0.3) is 0 Å². The van der Waals surface area contributed by atoms with E-state index in [-0.39, 0.29) is 17.4 Å². The van der Waals surface area contributed by atoms with Crippen molar-refractivity contribution in [2.24, 2.45) is 5.92 Å². The van der Waals surface area contributed by atoms with Crippen LogP contribution in [-0.4, -0.2) is 66.0 Å². The van der Waals surface area contributed by atoms with Gasteiger partial charge < -0.3 is 20.1 Å². The molecule has 2 unspecified atom stereocenters. The number of carbonyl (C=O) groups excluding carboxylic acids is 1. The molecule has 4 bridgehead atoms. The zero-order valence-corrected chi connectivity index (χ0v) is 14.3. The van der Waals surface area contributed by atoms with E-state index in [1.165, 1.54) is 5.56 Å². The van der Waals surface area contributed by atoms with Crippen molar-refractivity contribution in [1.82, 2.24) is 20.1 Å². The van der Waals surface area contributed by atoms with Crippen molar-refractivity contribution in [1.29, 1.82) is 0 Å². The average molecular weight is 336 g/mol. The highest BCUT2D eigenvalue weighted by Gasteiger charge is 2.55. The molecule has 0 saturated carbocycles. The molecule has 4 aliphatic heterocycles. The van der Waals surface area contributed by atoms with E-state index in [1.54, 1.807) is 12.4 Å². The van der Waals surface area contributed by atoms with Crippen molar-refractivity contribution in [3.05, 3.63) is 59.9 Å². The van der Waals surface area contributed by atoms with Crippen LogP contribution in [0, 0.1) is 5.92 Å². The number of rotatable bonds is 3. The summed E-state index contributed by atoms with van der Waals surface area (Å²) in [6.45, 7) is 6.52. The van der Waals surface area contributed by atoms with Gasteiger partial charge in [0.25, 0.3) is 5.91 Å². The number of H-pyrrole nitrogens is 1. The van der Waals surface area contributed by atoms with Gasteiger partial charge in [-0.1, -0.05) is 30.3 Å². The molecule has 0 spiro atoms. The summed E-state index contributed by atoms with van der Waals surface area (Å²) in [5, 5.41) is 3.42. The van der Waals surface area contributed by atoms with Gasteiger partial charge in [-0.2, -0.15) is 0 Å². The second-order valence-electron chi connectivity index (χ2n) is 7.80. The standard InChI is InChI=1S/C20H24N4O/c25-19(15-6-7-21-10-15)22-18-16-11-23-8-9-24(12-16)14-20(18,13-23)17-4-2-1-3-5-17/h1-7,10,16,18,21H,8-9,11-14H2,(H,22,25)/t16?,18-,20?/m0/s1. The topological polar surface area (TPSA) is 51.4 Å². The van der Waals surface area contributed by atoms with Crippen LogP contribution < -0.4 is 5.32 Å². The predicted molar refractivity (Wildman–Crippen MR) is 96.5 cm³/mol. The molecule has 5 nitrogen and oxygen atoms in total. The third kappa shape index (κ3) is 2.41. The summed E-state index contributed by atoms with van der Waals surface area (Å²) < 4.78 is 0. The lowest BCUT2D eigenvalue weighted by atomic mass is 9.64. The molecular formula is C20H24N4O. The summed E-state index contributed by atoms with van der Waals surface area (Å²) in [6, 6.07) is 12.8. The molecule has 25 heavy (non-hydrogen) atoms. The fraction of sp³-hybridized carbons (Fsp3) is 0.450. The summed E-state index contributed by atoms with van der Waals surface area (Å²) in [7, 11) is 0. The maximum atomic E-state index is 12.8. The van der Waals surface area contributed by atoms with E-state index in [9.17, 15) is 4.79 Å². The largest absolute Gasteiger partial charge is 0.367 e. The van der Waals surface area contributed by atoms with Crippen molar-refractivity contribution in [2.45, 2.75) is 11.5 Å². The Morgan fingerprint density at radius 1 is 1.08 bits per heavy atom. The minimum absolute atomic E-state index is 0.0229. The van der Waals surface area contributed by atoms with Crippen molar-refractivity contribution in [3.63, 3.8) is 0 Å². The molecule has 1 aromatic carbocycles. The first kappa shape index (κ1) is 15.2. The van der Waals surface area contributed by atoms with E-state index in [4.69, 9.17) is 0 Å². The van der Waals surface area contributed by atoms with Crippen molar-refractivity contribution in [3.8, 4) is 0 Å². The molecule has 2 N–H and O–H groups in total. The Morgan fingerprint density at radius 2 is 1.80 bits per heavy atom. The average Bonchev–Trinajstić information content (AvgIpc) is 3.05. The fourth-order valence-corrected chi connectivity index (χ4v) is 5.26. The highest BCUT2D eigenvalue weighted by atomic mass is 16.1.